The Balaban J connectivity index is 1.35. The number of amides is 3. The summed E-state index contributed by atoms with van der Waals surface area (Å²) < 4.78 is 19.4. The monoisotopic (exact) mass is 504 g/mol. The van der Waals surface area contributed by atoms with Crippen LogP contribution in [0.15, 0.2) is 78.0 Å². The second kappa shape index (κ2) is 9.72. The summed E-state index contributed by atoms with van der Waals surface area (Å²) in [4.78, 5) is 53.6. The van der Waals surface area contributed by atoms with Crippen LogP contribution in [-0.4, -0.2) is 34.9 Å². The number of hydrogen-bond donors (Lipinski definition) is 1. The first-order valence-electron chi connectivity index (χ1n) is 10.8. The van der Waals surface area contributed by atoms with E-state index in [0.29, 0.717) is 21.9 Å². The van der Waals surface area contributed by atoms with Crippen molar-refractivity contribution in [2.45, 2.75) is 18.8 Å². The Bertz CT molecular complexity index is 1440. The molecule has 0 aliphatic carbocycles. The summed E-state index contributed by atoms with van der Waals surface area (Å²) in [5.74, 6) is -2.41. The van der Waals surface area contributed by atoms with Crippen molar-refractivity contribution in [3.63, 3.8) is 0 Å². The van der Waals surface area contributed by atoms with Gasteiger partial charge in [0, 0.05) is 16.4 Å². The first kappa shape index (κ1) is 23.4. The van der Waals surface area contributed by atoms with Crippen LogP contribution < -0.4 is 10.2 Å². The van der Waals surface area contributed by atoms with Crippen LogP contribution in [0.3, 0.4) is 0 Å². The van der Waals surface area contributed by atoms with Crippen molar-refractivity contribution in [2.24, 2.45) is 5.18 Å². The van der Waals surface area contributed by atoms with E-state index in [9.17, 15) is 23.7 Å². The third kappa shape index (κ3) is 4.88. The number of aromatic nitrogens is 1. The quantitative estimate of drug-likeness (QED) is 0.296. The van der Waals surface area contributed by atoms with Crippen molar-refractivity contribution in [2.75, 3.05) is 10.2 Å². The second-order valence-electron chi connectivity index (χ2n) is 7.95. The number of ether oxygens (including phenoxy) is 1. The van der Waals surface area contributed by atoms with Crippen LogP contribution >= 0.6 is 11.3 Å². The lowest BCUT2D eigenvalue weighted by molar-refractivity contribution is -0.121. The molecule has 36 heavy (non-hydrogen) atoms. The molecule has 0 spiro atoms. The van der Waals surface area contributed by atoms with Crippen LogP contribution in [-0.2, 0) is 20.9 Å². The molecule has 180 valence electrons. The Morgan fingerprint density at radius 2 is 1.72 bits per heavy atom. The molecule has 5 rings (SSSR count). The third-order valence-corrected chi connectivity index (χ3v) is 6.50. The van der Waals surface area contributed by atoms with E-state index in [-0.39, 0.29) is 12.5 Å². The smallest absolute Gasteiger partial charge is 0.318 e. The Morgan fingerprint density at radius 3 is 2.42 bits per heavy atom. The van der Waals surface area contributed by atoms with Gasteiger partial charge in [-0.2, -0.15) is 0 Å². The maximum atomic E-state index is 13.3. The molecular weight excluding hydrogens is 487 g/mol. The molecule has 0 unspecified atom stereocenters. The maximum Gasteiger partial charge on any atom is 0.318 e. The van der Waals surface area contributed by atoms with Gasteiger partial charge in [-0.25, -0.2) is 9.37 Å². The summed E-state index contributed by atoms with van der Waals surface area (Å²) >= 11 is 1.35. The number of rotatable bonds is 7. The van der Waals surface area contributed by atoms with Gasteiger partial charge in [-0.1, -0.05) is 35.6 Å². The minimum atomic E-state index is -1.22. The fourth-order valence-electron chi connectivity index (χ4n) is 3.65. The molecular formula is C25H17FN4O5S. The lowest BCUT2D eigenvalue weighted by atomic mass is 10.1. The molecule has 2 heterocycles. The van der Waals surface area contributed by atoms with Crippen LogP contribution in [0.5, 0.6) is 0 Å². The number of benzene rings is 3. The zero-order chi connectivity index (χ0) is 25.2. The van der Waals surface area contributed by atoms with E-state index < -0.39 is 29.8 Å². The fraction of sp³-hybridized carbons (Fsp3) is 0.120. The standard InChI is InChI=1S/C25H17FN4O5S/c26-16-9-5-14(6-10-16)13-30(24(33)21-20(35-21)23(32)29-34)17-11-7-15(8-12-17)22(31)28-25-27-18-3-1-2-4-19(18)36-25/h1-12,20-21H,13H2,(H,27,28,31)/t20-,21-/m0/s1. The Morgan fingerprint density at radius 1 is 1.00 bits per heavy atom. The van der Waals surface area contributed by atoms with E-state index in [0.717, 1.165) is 10.2 Å². The van der Waals surface area contributed by atoms with Crippen molar-refractivity contribution in [3.05, 3.63) is 94.6 Å². The van der Waals surface area contributed by atoms with E-state index >= 15 is 0 Å². The summed E-state index contributed by atoms with van der Waals surface area (Å²) in [6, 6.07) is 19.4. The first-order chi connectivity index (χ1) is 17.4. The predicted octanol–water partition coefficient (Wildman–Crippen LogP) is 4.28. The van der Waals surface area contributed by atoms with Gasteiger partial charge in [0.25, 0.3) is 11.8 Å². The van der Waals surface area contributed by atoms with Crippen molar-refractivity contribution in [1.82, 2.24) is 4.98 Å². The summed E-state index contributed by atoms with van der Waals surface area (Å²) in [7, 11) is 0. The molecule has 3 aromatic carbocycles. The van der Waals surface area contributed by atoms with E-state index in [1.54, 1.807) is 24.3 Å². The highest BCUT2D eigenvalue weighted by molar-refractivity contribution is 7.22. The molecule has 1 aliphatic heterocycles. The minimum Gasteiger partial charge on any atom is -0.348 e. The Kier molecular flexibility index (Phi) is 6.32. The zero-order valence-corrected chi connectivity index (χ0v) is 19.3. The van der Waals surface area contributed by atoms with Crippen molar-refractivity contribution >= 4 is 50.1 Å². The van der Waals surface area contributed by atoms with Gasteiger partial charge in [-0.15, -0.1) is 4.91 Å². The number of carbonyl (C=O) groups excluding carboxylic acids is 3. The zero-order valence-electron chi connectivity index (χ0n) is 18.5. The topological polar surface area (TPSA) is 121 Å². The highest BCUT2D eigenvalue weighted by Gasteiger charge is 2.52. The molecule has 1 fully saturated rings. The van der Waals surface area contributed by atoms with E-state index in [1.165, 1.54) is 40.5 Å². The summed E-state index contributed by atoms with van der Waals surface area (Å²) in [6.45, 7) is 0.0473. The molecule has 2 atom stereocenters. The minimum absolute atomic E-state index is 0.0473. The fourth-order valence-corrected chi connectivity index (χ4v) is 4.51. The number of hydrogen-bond acceptors (Lipinski definition) is 7. The molecule has 1 aromatic heterocycles. The van der Waals surface area contributed by atoms with Gasteiger partial charge < -0.3 is 9.64 Å². The highest BCUT2D eigenvalue weighted by Crippen LogP contribution is 2.30. The number of fused-ring (bicyclic) bond motifs is 1. The molecule has 0 bridgehead atoms. The average Bonchev–Trinajstić information content (AvgIpc) is 3.60. The van der Waals surface area contributed by atoms with Gasteiger partial charge in [0.2, 0.25) is 0 Å². The molecule has 11 heteroatoms. The number of nitroso groups, excluding NO2 is 1. The molecule has 1 aliphatic rings. The number of thiazole rings is 1. The average molecular weight is 504 g/mol. The van der Waals surface area contributed by atoms with Crippen LogP contribution in [0.25, 0.3) is 10.2 Å². The van der Waals surface area contributed by atoms with Gasteiger partial charge >= 0.3 is 5.91 Å². The van der Waals surface area contributed by atoms with Gasteiger partial charge in [0.05, 0.1) is 16.8 Å². The van der Waals surface area contributed by atoms with Crippen LogP contribution in [0.1, 0.15) is 15.9 Å². The third-order valence-electron chi connectivity index (χ3n) is 5.54. The van der Waals surface area contributed by atoms with Crippen LogP contribution in [0.4, 0.5) is 15.2 Å². The van der Waals surface area contributed by atoms with Crippen molar-refractivity contribution in [1.29, 1.82) is 0 Å². The van der Waals surface area contributed by atoms with E-state index in [1.807, 2.05) is 24.3 Å². The Labute approximate surface area is 207 Å². The van der Waals surface area contributed by atoms with Gasteiger partial charge in [0.1, 0.15) is 5.82 Å². The maximum absolute atomic E-state index is 13.3. The molecule has 0 saturated carbocycles. The van der Waals surface area contributed by atoms with Gasteiger partial charge in [-0.05, 0) is 54.1 Å². The number of halogens is 1. The largest absolute Gasteiger partial charge is 0.348 e. The molecule has 1 saturated heterocycles. The number of anilines is 2. The van der Waals surface area contributed by atoms with Crippen LogP contribution in [0, 0.1) is 10.7 Å². The summed E-state index contributed by atoms with van der Waals surface area (Å²) in [6.07, 6.45) is -2.36. The predicted molar refractivity (Wildman–Crippen MR) is 131 cm³/mol. The van der Waals surface area contributed by atoms with E-state index in [2.05, 4.69) is 15.5 Å². The van der Waals surface area contributed by atoms with Crippen molar-refractivity contribution in [3.8, 4) is 0 Å². The normalized spacial score (nSPS) is 16.4. The second-order valence-corrected chi connectivity index (χ2v) is 8.98. The lowest BCUT2D eigenvalue weighted by Crippen LogP contribution is -2.35. The highest BCUT2D eigenvalue weighted by atomic mass is 32.1. The molecule has 1 N–H and O–H groups in total. The number of nitrogens with zero attached hydrogens (tertiary/aromatic N) is 3. The lowest BCUT2D eigenvalue weighted by Gasteiger charge is -2.22. The number of carbonyl (C=O) groups is 3. The van der Waals surface area contributed by atoms with Gasteiger partial charge in [0.15, 0.2) is 17.3 Å². The van der Waals surface area contributed by atoms with Crippen molar-refractivity contribution < 1.29 is 23.5 Å². The summed E-state index contributed by atoms with van der Waals surface area (Å²) in [5, 5.41) is 5.55. The number of nitrogens with one attached hydrogen (secondary N) is 1. The van der Waals surface area contributed by atoms with Gasteiger partial charge in [-0.3, -0.25) is 19.7 Å². The van der Waals surface area contributed by atoms with E-state index in [4.69, 9.17) is 4.74 Å². The van der Waals surface area contributed by atoms with Crippen LogP contribution in [0.2, 0.25) is 0 Å². The molecule has 9 nitrogen and oxygen atoms in total. The number of epoxide rings is 1. The number of para-hydroxylation sites is 1. The summed E-state index contributed by atoms with van der Waals surface area (Å²) in [5.41, 5.74) is 2.17. The molecule has 4 aromatic rings. The first-order valence-corrected chi connectivity index (χ1v) is 11.6. The molecule has 3 amide bonds. The molecule has 0 radical (unpaired) electrons. The SMILES string of the molecule is O=NC(=O)[C@H]1O[C@@H]1C(=O)N(Cc1ccc(F)cc1)c1ccc(C(=O)Nc2nc3ccccc3s2)cc1. The Hall–Kier alpha value is -4.35.